The van der Waals surface area contributed by atoms with Gasteiger partial charge in [-0.25, -0.2) is 4.68 Å². The number of hydrogen-bond acceptors (Lipinski definition) is 4. The lowest BCUT2D eigenvalue weighted by Gasteiger charge is -2.38. The normalized spacial score (nSPS) is 19.0. The van der Waals surface area contributed by atoms with E-state index in [1.54, 1.807) is 18.7 Å². The van der Waals surface area contributed by atoms with E-state index in [1.165, 1.54) is 28.8 Å². The second-order valence-corrected chi connectivity index (χ2v) is 7.42. The Kier molecular flexibility index (Phi) is 5.66. The van der Waals surface area contributed by atoms with Crippen molar-refractivity contribution in [3.8, 4) is 0 Å². The SMILES string of the molecule is CCN(CC)C(=O)c1cc(C(=O)N2c3cc(C)nn3[C@H](C(F)(F)F)C[C@H]2C)n(C)n1. The van der Waals surface area contributed by atoms with E-state index < -0.39 is 24.2 Å². The predicted molar refractivity (Wildman–Crippen MR) is 103 cm³/mol. The average Bonchev–Trinajstić information content (AvgIpc) is 3.23. The lowest BCUT2D eigenvalue weighted by atomic mass is 10.0. The molecule has 3 rings (SSSR count). The summed E-state index contributed by atoms with van der Waals surface area (Å²) in [7, 11) is 1.53. The number of alkyl halides is 3. The second kappa shape index (κ2) is 7.77. The third kappa shape index (κ3) is 3.68. The van der Waals surface area contributed by atoms with E-state index in [0.29, 0.717) is 18.8 Å². The fourth-order valence-electron chi connectivity index (χ4n) is 3.81. The predicted octanol–water partition coefficient (Wildman–Crippen LogP) is 2.95. The number of rotatable bonds is 4. The Bertz CT molecular complexity index is 960. The Labute approximate surface area is 172 Å². The summed E-state index contributed by atoms with van der Waals surface area (Å²) in [4.78, 5) is 28.8. The topological polar surface area (TPSA) is 76.3 Å². The van der Waals surface area contributed by atoms with Crippen molar-refractivity contribution in [3.05, 3.63) is 29.2 Å². The summed E-state index contributed by atoms with van der Waals surface area (Å²) in [6, 6.07) is 0.333. The Morgan fingerprint density at radius 3 is 2.40 bits per heavy atom. The molecule has 8 nitrogen and oxygen atoms in total. The summed E-state index contributed by atoms with van der Waals surface area (Å²) in [5.41, 5.74) is 0.619. The average molecular weight is 426 g/mol. The molecule has 0 N–H and O–H groups in total. The van der Waals surface area contributed by atoms with E-state index in [9.17, 15) is 22.8 Å². The summed E-state index contributed by atoms with van der Waals surface area (Å²) in [6.07, 6.45) is -4.79. The molecule has 2 aromatic rings. The molecule has 0 saturated carbocycles. The van der Waals surface area contributed by atoms with E-state index >= 15 is 0 Å². The van der Waals surface area contributed by atoms with Gasteiger partial charge in [0.25, 0.3) is 11.8 Å². The first-order valence-electron chi connectivity index (χ1n) is 9.79. The fourth-order valence-corrected chi connectivity index (χ4v) is 3.81. The van der Waals surface area contributed by atoms with E-state index in [2.05, 4.69) is 10.2 Å². The minimum Gasteiger partial charge on any atom is -0.338 e. The standard InChI is InChI=1S/C19H25F3N6O2/c1-6-26(7-2)17(29)13-10-14(25(5)24-13)18(30)27-12(4)9-15(19(20,21)22)28-16(27)8-11(3)23-28/h8,10,12,15H,6-7,9H2,1-5H3/t12-,15+/m1/s1. The maximum atomic E-state index is 13.5. The molecular weight excluding hydrogens is 401 g/mol. The van der Waals surface area contributed by atoms with Gasteiger partial charge in [-0.05, 0) is 34.1 Å². The summed E-state index contributed by atoms with van der Waals surface area (Å²) in [6.45, 7) is 7.82. The summed E-state index contributed by atoms with van der Waals surface area (Å²) in [5.74, 6) is -0.756. The van der Waals surface area contributed by atoms with Gasteiger partial charge < -0.3 is 4.90 Å². The molecule has 30 heavy (non-hydrogen) atoms. The van der Waals surface area contributed by atoms with Gasteiger partial charge in [-0.3, -0.25) is 19.2 Å². The van der Waals surface area contributed by atoms with Gasteiger partial charge in [-0.1, -0.05) is 0 Å². The highest BCUT2D eigenvalue weighted by atomic mass is 19.4. The molecule has 0 aromatic carbocycles. The molecule has 0 unspecified atom stereocenters. The molecule has 0 bridgehead atoms. The molecule has 3 heterocycles. The highest BCUT2D eigenvalue weighted by Crippen LogP contribution is 2.42. The number of hydrogen-bond donors (Lipinski definition) is 0. The molecule has 2 amide bonds. The van der Waals surface area contributed by atoms with Gasteiger partial charge in [-0.15, -0.1) is 0 Å². The van der Waals surface area contributed by atoms with E-state index in [1.807, 2.05) is 13.8 Å². The van der Waals surface area contributed by atoms with Gasteiger partial charge >= 0.3 is 6.18 Å². The van der Waals surface area contributed by atoms with Crippen LogP contribution in [0.2, 0.25) is 0 Å². The molecule has 0 spiro atoms. The van der Waals surface area contributed by atoms with Gasteiger partial charge in [0.15, 0.2) is 11.7 Å². The van der Waals surface area contributed by atoms with Crippen molar-refractivity contribution in [1.82, 2.24) is 24.5 Å². The monoisotopic (exact) mass is 426 g/mol. The van der Waals surface area contributed by atoms with Crippen molar-refractivity contribution in [2.75, 3.05) is 18.0 Å². The zero-order valence-corrected chi connectivity index (χ0v) is 17.6. The first-order valence-corrected chi connectivity index (χ1v) is 9.79. The Morgan fingerprint density at radius 2 is 1.83 bits per heavy atom. The Morgan fingerprint density at radius 1 is 1.20 bits per heavy atom. The van der Waals surface area contributed by atoms with E-state index in [0.717, 1.165) is 4.68 Å². The highest BCUT2D eigenvalue weighted by Gasteiger charge is 2.48. The molecule has 0 radical (unpaired) electrons. The molecule has 0 aliphatic carbocycles. The quantitative estimate of drug-likeness (QED) is 0.753. The van der Waals surface area contributed by atoms with Crippen LogP contribution < -0.4 is 4.90 Å². The number of halogens is 3. The molecule has 2 atom stereocenters. The van der Waals surface area contributed by atoms with Crippen LogP contribution in [0.5, 0.6) is 0 Å². The number of carbonyl (C=O) groups excluding carboxylic acids is 2. The van der Waals surface area contributed by atoms with Gasteiger partial charge in [-0.2, -0.15) is 23.4 Å². The van der Waals surface area contributed by atoms with Crippen LogP contribution in [0.4, 0.5) is 19.0 Å². The highest BCUT2D eigenvalue weighted by molar-refractivity contribution is 6.06. The van der Waals surface area contributed by atoms with Crippen LogP contribution in [0, 0.1) is 6.92 Å². The van der Waals surface area contributed by atoms with Crippen LogP contribution in [-0.2, 0) is 7.05 Å². The maximum Gasteiger partial charge on any atom is 0.410 e. The van der Waals surface area contributed by atoms with Gasteiger partial charge in [0.1, 0.15) is 11.5 Å². The van der Waals surface area contributed by atoms with Crippen molar-refractivity contribution >= 4 is 17.6 Å². The molecule has 0 fully saturated rings. The molecule has 164 valence electrons. The van der Waals surface area contributed by atoms with E-state index in [4.69, 9.17) is 0 Å². The minimum atomic E-state index is -4.48. The first-order chi connectivity index (χ1) is 14.0. The Hall–Kier alpha value is -2.85. The number of carbonyl (C=O) groups is 2. The third-order valence-corrected chi connectivity index (χ3v) is 5.35. The van der Waals surface area contributed by atoms with Crippen LogP contribution in [0.25, 0.3) is 0 Å². The lowest BCUT2D eigenvalue weighted by Crippen LogP contribution is -2.48. The molecule has 0 saturated heterocycles. The Balaban J connectivity index is 2.00. The van der Waals surface area contributed by atoms with E-state index in [-0.39, 0.29) is 29.5 Å². The van der Waals surface area contributed by atoms with Crippen molar-refractivity contribution in [1.29, 1.82) is 0 Å². The van der Waals surface area contributed by atoms with Crippen LogP contribution in [0.3, 0.4) is 0 Å². The fraction of sp³-hybridized carbons (Fsp3) is 0.579. The van der Waals surface area contributed by atoms with Gasteiger partial charge in [0, 0.05) is 38.3 Å². The number of amides is 2. The number of nitrogens with zero attached hydrogens (tertiary/aromatic N) is 6. The smallest absolute Gasteiger partial charge is 0.338 e. The number of aryl methyl sites for hydroxylation is 2. The zero-order valence-electron chi connectivity index (χ0n) is 17.6. The molecule has 11 heteroatoms. The zero-order chi connectivity index (χ0) is 22.4. The van der Waals surface area contributed by atoms with Crippen molar-refractivity contribution < 1.29 is 22.8 Å². The summed E-state index contributed by atoms with van der Waals surface area (Å²) in [5, 5.41) is 8.14. The lowest BCUT2D eigenvalue weighted by molar-refractivity contribution is -0.174. The van der Waals surface area contributed by atoms with Gasteiger partial charge in [0.2, 0.25) is 0 Å². The second-order valence-electron chi connectivity index (χ2n) is 7.42. The van der Waals surface area contributed by atoms with Crippen LogP contribution in [0.15, 0.2) is 12.1 Å². The number of fused-ring (bicyclic) bond motifs is 1. The number of aromatic nitrogens is 4. The number of anilines is 1. The van der Waals surface area contributed by atoms with Crippen molar-refractivity contribution in [2.45, 2.75) is 52.4 Å². The molecule has 1 aliphatic heterocycles. The molecule has 2 aromatic heterocycles. The maximum absolute atomic E-state index is 13.5. The summed E-state index contributed by atoms with van der Waals surface area (Å²) >= 11 is 0. The van der Waals surface area contributed by atoms with Crippen LogP contribution in [-0.4, -0.2) is 61.6 Å². The molecular formula is C19H25F3N6O2. The molecule has 1 aliphatic rings. The largest absolute Gasteiger partial charge is 0.410 e. The third-order valence-electron chi connectivity index (χ3n) is 5.35. The van der Waals surface area contributed by atoms with Crippen molar-refractivity contribution in [2.24, 2.45) is 7.05 Å². The van der Waals surface area contributed by atoms with Crippen LogP contribution >= 0.6 is 0 Å². The summed E-state index contributed by atoms with van der Waals surface area (Å²) < 4.78 is 42.8. The van der Waals surface area contributed by atoms with Crippen LogP contribution in [0.1, 0.15) is 59.9 Å². The van der Waals surface area contributed by atoms with Crippen molar-refractivity contribution in [3.63, 3.8) is 0 Å². The van der Waals surface area contributed by atoms with Gasteiger partial charge in [0.05, 0.1) is 5.69 Å². The first kappa shape index (κ1) is 21.8. The minimum absolute atomic E-state index is 0.0800.